The first-order valence-corrected chi connectivity index (χ1v) is 7.27. The van der Waals surface area contributed by atoms with Gasteiger partial charge in [-0.25, -0.2) is 10.9 Å². The van der Waals surface area contributed by atoms with E-state index in [-0.39, 0.29) is 24.2 Å². The molecule has 0 aliphatic carbocycles. The first kappa shape index (κ1) is 15.4. The van der Waals surface area contributed by atoms with Crippen molar-refractivity contribution in [1.82, 2.24) is 10.9 Å². The van der Waals surface area contributed by atoms with Crippen molar-refractivity contribution in [2.24, 2.45) is 16.1 Å². The van der Waals surface area contributed by atoms with Crippen molar-refractivity contribution in [2.45, 2.75) is 19.8 Å². The van der Waals surface area contributed by atoms with Crippen molar-refractivity contribution >= 4 is 39.7 Å². The van der Waals surface area contributed by atoms with Gasteiger partial charge < -0.3 is 0 Å². The fourth-order valence-corrected chi connectivity index (χ4v) is 2.30. The van der Waals surface area contributed by atoms with Crippen LogP contribution in [0.25, 0.3) is 0 Å². The molecule has 2 amide bonds. The second-order valence-corrected chi connectivity index (χ2v) is 5.49. The summed E-state index contributed by atoms with van der Waals surface area (Å²) in [7, 11) is 0. The molecule has 7 heteroatoms. The topological polar surface area (TPSA) is 82.9 Å². The molecule has 2 N–H and O–H groups in total. The third-order valence-electron chi connectivity index (χ3n) is 3.12. The molecular formula is C14H15BrN4O2. The van der Waals surface area contributed by atoms with E-state index >= 15 is 0 Å². The predicted octanol–water partition coefficient (Wildman–Crippen LogP) is 1.80. The van der Waals surface area contributed by atoms with Gasteiger partial charge in [-0.1, -0.05) is 34.1 Å². The maximum Gasteiger partial charge on any atom is 0.248 e. The van der Waals surface area contributed by atoms with E-state index < -0.39 is 0 Å². The van der Waals surface area contributed by atoms with E-state index in [9.17, 15) is 9.59 Å². The van der Waals surface area contributed by atoms with Crippen LogP contribution >= 0.6 is 15.9 Å². The largest absolute Gasteiger partial charge is 0.273 e. The highest BCUT2D eigenvalue weighted by molar-refractivity contribution is 9.10. The van der Waals surface area contributed by atoms with Crippen LogP contribution in [0.15, 0.2) is 38.9 Å². The minimum absolute atomic E-state index is 0.156. The van der Waals surface area contributed by atoms with E-state index in [2.05, 4.69) is 37.0 Å². The van der Waals surface area contributed by atoms with Crippen molar-refractivity contribution in [3.63, 3.8) is 0 Å². The molecule has 0 aromatic heterocycles. The molecule has 1 aliphatic rings. The molecule has 1 aromatic rings. The van der Waals surface area contributed by atoms with Crippen molar-refractivity contribution in [2.75, 3.05) is 0 Å². The maximum atomic E-state index is 11.7. The van der Waals surface area contributed by atoms with Crippen molar-refractivity contribution in [3.8, 4) is 0 Å². The number of rotatable bonds is 5. The molecule has 0 radical (unpaired) electrons. The van der Waals surface area contributed by atoms with Crippen LogP contribution in [-0.4, -0.2) is 23.7 Å². The molecule has 2 rings (SSSR count). The summed E-state index contributed by atoms with van der Waals surface area (Å²) in [4.78, 5) is 23.1. The molecule has 0 spiro atoms. The first-order valence-electron chi connectivity index (χ1n) is 6.48. The van der Waals surface area contributed by atoms with E-state index in [4.69, 9.17) is 0 Å². The van der Waals surface area contributed by atoms with Gasteiger partial charge in [0.2, 0.25) is 11.8 Å². The van der Waals surface area contributed by atoms with Gasteiger partial charge in [0.05, 0.1) is 12.1 Å². The average molecular weight is 351 g/mol. The van der Waals surface area contributed by atoms with E-state index in [1.165, 1.54) is 0 Å². The summed E-state index contributed by atoms with van der Waals surface area (Å²) in [5.74, 6) is -0.703. The Hall–Kier alpha value is -2.02. The monoisotopic (exact) mass is 350 g/mol. The van der Waals surface area contributed by atoms with Gasteiger partial charge in [0.15, 0.2) is 0 Å². The first-order chi connectivity index (χ1) is 10.1. The fourth-order valence-electron chi connectivity index (χ4n) is 1.91. The van der Waals surface area contributed by atoms with Crippen LogP contribution in [0.2, 0.25) is 0 Å². The molecule has 0 saturated heterocycles. The summed E-state index contributed by atoms with van der Waals surface area (Å²) in [6.07, 6.45) is 2.22. The van der Waals surface area contributed by atoms with Gasteiger partial charge in [-0.2, -0.15) is 10.2 Å². The second-order valence-electron chi connectivity index (χ2n) is 4.64. The van der Waals surface area contributed by atoms with Crippen LogP contribution < -0.4 is 10.9 Å². The molecule has 0 bridgehead atoms. The molecule has 110 valence electrons. The van der Waals surface area contributed by atoms with Crippen molar-refractivity contribution in [3.05, 3.63) is 34.3 Å². The maximum absolute atomic E-state index is 11.7. The van der Waals surface area contributed by atoms with E-state index in [0.29, 0.717) is 12.1 Å². The number of amides is 2. The third-order valence-corrected chi connectivity index (χ3v) is 3.84. The summed E-state index contributed by atoms with van der Waals surface area (Å²) in [5.41, 5.74) is 6.43. The molecule has 6 nitrogen and oxygen atoms in total. The Balaban J connectivity index is 1.79. The molecule has 0 unspecified atom stereocenters. The summed E-state index contributed by atoms with van der Waals surface area (Å²) < 4.78 is 0.900. The van der Waals surface area contributed by atoms with Crippen LogP contribution in [0.1, 0.15) is 25.3 Å². The number of nitrogens with one attached hydrogen (secondary N) is 2. The van der Waals surface area contributed by atoms with Crippen LogP contribution in [0, 0.1) is 5.92 Å². The van der Waals surface area contributed by atoms with Gasteiger partial charge in [-0.05, 0) is 19.4 Å². The zero-order chi connectivity index (χ0) is 15.2. The number of hydrogen-bond acceptors (Lipinski definition) is 4. The lowest BCUT2D eigenvalue weighted by atomic mass is 9.99. The molecular weight excluding hydrogens is 336 g/mol. The molecule has 0 fully saturated rings. The number of hydrogen-bond donors (Lipinski definition) is 2. The van der Waals surface area contributed by atoms with Crippen LogP contribution in [-0.2, 0) is 9.59 Å². The lowest BCUT2D eigenvalue weighted by molar-refractivity contribution is -0.123. The number of carbonyl (C=O) groups excluding carboxylic acids is 2. The van der Waals surface area contributed by atoms with Crippen LogP contribution in [0.5, 0.6) is 0 Å². The highest BCUT2D eigenvalue weighted by Gasteiger charge is 2.26. The minimum Gasteiger partial charge on any atom is -0.273 e. The van der Waals surface area contributed by atoms with Gasteiger partial charge in [-0.15, -0.1) is 0 Å². The summed E-state index contributed by atoms with van der Waals surface area (Å²) >= 11 is 3.39. The van der Waals surface area contributed by atoms with Crippen molar-refractivity contribution in [1.29, 1.82) is 0 Å². The Kier molecular flexibility index (Phi) is 5.21. The quantitative estimate of drug-likeness (QED) is 0.626. The summed E-state index contributed by atoms with van der Waals surface area (Å²) in [6, 6.07) is 7.55. The third kappa shape index (κ3) is 4.22. The lowest BCUT2D eigenvalue weighted by Crippen LogP contribution is -2.25. The number of benzene rings is 1. The normalized spacial score (nSPS) is 17.7. The Bertz CT molecular complexity index is 613. The smallest absolute Gasteiger partial charge is 0.248 e. The lowest BCUT2D eigenvalue weighted by Gasteiger charge is -2.06. The Morgan fingerprint density at radius 3 is 2.95 bits per heavy atom. The summed E-state index contributed by atoms with van der Waals surface area (Å²) in [6.45, 7) is 1.77. The number of hydrazone groups is 2. The Morgan fingerprint density at radius 1 is 1.52 bits per heavy atom. The van der Waals surface area contributed by atoms with E-state index in [1.807, 2.05) is 24.3 Å². The number of nitrogens with zero attached hydrogens (tertiary/aromatic N) is 2. The highest BCUT2D eigenvalue weighted by Crippen LogP contribution is 2.14. The average Bonchev–Trinajstić information content (AvgIpc) is 2.78. The zero-order valence-corrected chi connectivity index (χ0v) is 13.1. The molecule has 21 heavy (non-hydrogen) atoms. The number of carbonyl (C=O) groups is 2. The molecule has 1 heterocycles. The SMILES string of the molecule is CC1=NNC(=O)[C@H]1CCC(=O)N/N=C/c1ccccc1Br. The van der Waals surface area contributed by atoms with E-state index in [1.54, 1.807) is 13.1 Å². The summed E-state index contributed by atoms with van der Waals surface area (Å²) in [5, 5.41) is 7.74. The molecule has 1 aromatic carbocycles. The van der Waals surface area contributed by atoms with Gasteiger partial charge >= 0.3 is 0 Å². The van der Waals surface area contributed by atoms with Crippen LogP contribution in [0.4, 0.5) is 0 Å². The predicted molar refractivity (Wildman–Crippen MR) is 83.9 cm³/mol. The van der Waals surface area contributed by atoms with E-state index in [0.717, 1.165) is 10.0 Å². The van der Waals surface area contributed by atoms with Crippen LogP contribution in [0.3, 0.4) is 0 Å². The Labute approximate surface area is 130 Å². The zero-order valence-electron chi connectivity index (χ0n) is 11.5. The Morgan fingerprint density at radius 2 is 2.29 bits per heavy atom. The molecule has 1 aliphatic heterocycles. The van der Waals surface area contributed by atoms with Gasteiger partial charge in [0.1, 0.15) is 0 Å². The molecule has 1 atom stereocenters. The molecule has 0 saturated carbocycles. The van der Waals surface area contributed by atoms with Gasteiger partial charge in [0, 0.05) is 22.2 Å². The number of halogens is 1. The fraction of sp³-hybridized carbons (Fsp3) is 0.286. The minimum atomic E-state index is -0.317. The second kappa shape index (κ2) is 7.12. The van der Waals surface area contributed by atoms with Gasteiger partial charge in [0.25, 0.3) is 0 Å². The van der Waals surface area contributed by atoms with Crippen molar-refractivity contribution < 1.29 is 9.59 Å². The standard InChI is InChI=1S/C14H15BrN4O2/c1-9-11(14(21)19-17-9)6-7-13(20)18-16-8-10-4-2-3-5-12(10)15/h2-5,8,11H,6-7H2,1H3,(H,18,20)(H,19,21)/b16-8+/t11-/m0/s1. The highest BCUT2D eigenvalue weighted by atomic mass is 79.9. The van der Waals surface area contributed by atoms with Gasteiger partial charge in [-0.3, -0.25) is 9.59 Å².